The molecule has 0 rings (SSSR count). The minimum atomic E-state index is -0.882. The number of allylic oxidation sites excluding steroid dienone is 14. The van der Waals surface area contributed by atoms with Crippen LogP contribution in [-0.4, -0.2) is 80.6 Å². The van der Waals surface area contributed by atoms with Crippen molar-refractivity contribution in [2.75, 3.05) is 41.0 Å². The van der Waals surface area contributed by atoms with Crippen molar-refractivity contribution in [1.82, 2.24) is 0 Å². The average molecular weight is 839 g/mol. The Morgan fingerprint density at radius 2 is 0.883 bits per heavy atom. The van der Waals surface area contributed by atoms with E-state index >= 15 is 0 Å². The number of likely N-dealkylation sites (N-methyl/N-ethyl adjacent to an activating group) is 1. The third-order valence-corrected chi connectivity index (χ3v) is 10.0. The summed E-state index contributed by atoms with van der Waals surface area (Å²) in [5.74, 6) is -1.51. The zero-order chi connectivity index (χ0) is 44.2. The van der Waals surface area contributed by atoms with E-state index in [0.717, 1.165) is 103 Å². The van der Waals surface area contributed by atoms with Gasteiger partial charge in [0.25, 0.3) is 0 Å². The molecular formula is C52H88NO7+. The van der Waals surface area contributed by atoms with E-state index in [1.807, 2.05) is 21.1 Å². The van der Waals surface area contributed by atoms with Crippen molar-refractivity contribution >= 4 is 17.9 Å². The standard InChI is InChI=1S/C52H87NO7/c1-6-8-10-12-14-16-18-20-22-23-24-25-26-27-28-29-31-33-35-37-39-41-43-51(55)60-48(46-58-45-44-49(52(56)57)53(3,4)5)47-59-50(54)42-40-38-36-34-32-30-21-19-17-15-13-11-9-7-2/h8-11,14-17,20-22,24-25,30,48-49H,6-7,12-13,18-19,23,26-29,31-47H2,1-5H3/p+1/b10-8+,11-9+,16-14+,17-15+,22-20+,25-24+,30-21+. The number of quaternary nitrogens is 1. The summed E-state index contributed by atoms with van der Waals surface area (Å²) >= 11 is 0. The summed E-state index contributed by atoms with van der Waals surface area (Å²) in [5.41, 5.74) is 0. The summed E-state index contributed by atoms with van der Waals surface area (Å²) in [6.45, 7) is 4.47. The van der Waals surface area contributed by atoms with Crippen molar-refractivity contribution < 1.29 is 38.2 Å². The molecule has 0 spiro atoms. The van der Waals surface area contributed by atoms with Crippen molar-refractivity contribution in [3.8, 4) is 0 Å². The van der Waals surface area contributed by atoms with Gasteiger partial charge in [-0.25, -0.2) is 4.79 Å². The number of hydrogen-bond donors (Lipinski definition) is 1. The predicted octanol–water partition coefficient (Wildman–Crippen LogP) is 13.3. The number of carboxylic acids is 1. The van der Waals surface area contributed by atoms with Crippen molar-refractivity contribution in [2.45, 2.75) is 187 Å². The van der Waals surface area contributed by atoms with E-state index in [-0.39, 0.29) is 36.2 Å². The lowest BCUT2D eigenvalue weighted by atomic mass is 10.1. The van der Waals surface area contributed by atoms with Crippen LogP contribution in [0.4, 0.5) is 0 Å². The molecule has 0 saturated heterocycles. The molecule has 0 aromatic heterocycles. The number of nitrogens with zero attached hydrogens (tertiary/aromatic N) is 1. The van der Waals surface area contributed by atoms with Gasteiger partial charge in [-0.15, -0.1) is 0 Å². The Morgan fingerprint density at radius 3 is 1.30 bits per heavy atom. The number of esters is 2. The summed E-state index contributed by atoms with van der Waals surface area (Å²) in [6, 6.07) is -0.624. The minimum absolute atomic E-state index is 0.0468. The second-order valence-electron chi connectivity index (χ2n) is 16.6. The van der Waals surface area contributed by atoms with Crippen molar-refractivity contribution in [3.63, 3.8) is 0 Å². The van der Waals surface area contributed by atoms with E-state index in [9.17, 15) is 19.5 Å². The fourth-order valence-corrected chi connectivity index (χ4v) is 6.45. The van der Waals surface area contributed by atoms with Gasteiger partial charge >= 0.3 is 17.9 Å². The molecule has 0 fully saturated rings. The van der Waals surface area contributed by atoms with Gasteiger partial charge in [0.2, 0.25) is 0 Å². The third-order valence-electron chi connectivity index (χ3n) is 10.0. The van der Waals surface area contributed by atoms with Crippen molar-refractivity contribution in [1.29, 1.82) is 0 Å². The quantitative estimate of drug-likeness (QED) is 0.0283. The molecule has 0 saturated carbocycles. The van der Waals surface area contributed by atoms with E-state index in [4.69, 9.17) is 14.2 Å². The third kappa shape index (κ3) is 39.9. The van der Waals surface area contributed by atoms with Crippen LogP contribution in [0.15, 0.2) is 85.1 Å². The number of aliphatic carboxylic acids is 1. The Kier molecular flexibility index (Phi) is 39.8. The summed E-state index contributed by atoms with van der Waals surface area (Å²) in [5, 5.41) is 9.63. The monoisotopic (exact) mass is 839 g/mol. The van der Waals surface area contributed by atoms with Crippen LogP contribution in [0.25, 0.3) is 0 Å². The molecule has 8 heteroatoms. The van der Waals surface area contributed by atoms with Gasteiger partial charge < -0.3 is 23.8 Å². The molecule has 0 aromatic rings. The number of hydrogen-bond acceptors (Lipinski definition) is 6. The van der Waals surface area contributed by atoms with Crippen LogP contribution in [0, 0.1) is 0 Å². The van der Waals surface area contributed by atoms with Crippen LogP contribution < -0.4 is 0 Å². The van der Waals surface area contributed by atoms with Crippen molar-refractivity contribution in [3.05, 3.63) is 85.1 Å². The molecule has 0 aromatic carbocycles. The highest BCUT2D eigenvalue weighted by Crippen LogP contribution is 2.14. The van der Waals surface area contributed by atoms with Crippen LogP contribution >= 0.6 is 0 Å². The normalized spacial score (nSPS) is 13.7. The van der Waals surface area contributed by atoms with E-state index in [2.05, 4.69) is 98.9 Å². The Morgan fingerprint density at radius 1 is 0.500 bits per heavy atom. The van der Waals surface area contributed by atoms with Gasteiger partial charge in [-0.1, -0.05) is 157 Å². The van der Waals surface area contributed by atoms with Gasteiger partial charge in [0.1, 0.15) is 6.61 Å². The smallest absolute Gasteiger partial charge is 0.362 e. The number of unbranched alkanes of at least 4 members (excludes halogenated alkanes) is 13. The van der Waals surface area contributed by atoms with E-state index < -0.39 is 18.1 Å². The molecule has 8 nitrogen and oxygen atoms in total. The molecule has 0 aliphatic carbocycles. The second-order valence-corrected chi connectivity index (χ2v) is 16.6. The van der Waals surface area contributed by atoms with E-state index in [1.54, 1.807) is 0 Å². The molecule has 0 aliphatic rings. The maximum absolute atomic E-state index is 12.8. The highest BCUT2D eigenvalue weighted by molar-refractivity contribution is 5.72. The average Bonchev–Trinajstić information content (AvgIpc) is 3.21. The Hall–Kier alpha value is -3.49. The summed E-state index contributed by atoms with van der Waals surface area (Å²) < 4.78 is 17.3. The number of carbonyl (C=O) groups is 3. The largest absolute Gasteiger partial charge is 0.477 e. The highest BCUT2D eigenvalue weighted by Gasteiger charge is 2.31. The molecule has 2 unspecified atom stereocenters. The number of rotatable bonds is 41. The summed E-state index contributed by atoms with van der Waals surface area (Å²) in [7, 11) is 5.51. The molecule has 0 bridgehead atoms. The predicted molar refractivity (Wildman–Crippen MR) is 252 cm³/mol. The first-order chi connectivity index (χ1) is 29.1. The maximum Gasteiger partial charge on any atom is 0.362 e. The lowest BCUT2D eigenvalue weighted by Crippen LogP contribution is -2.50. The number of carbonyl (C=O) groups excluding carboxylic acids is 2. The Bertz CT molecular complexity index is 1250. The van der Waals surface area contributed by atoms with E-state index in [0.29, 0.717) is 19.3 Å². The van der Waals surface area contributed by atoms with Gasteiger partial charge in [-0.3, -0.25) is 9.59 Å². The number of ether oxygens (including phenoxy) is 3. The van der Waals surface area contributed by atoms with Gasteiger partial charge in [0, 0.05) is 19.3 Å². The summed E-state index contributed by atoms with van der Waals surface area (Å²) in [4.78, 5) is 37.1. The minimum Gasteiger partial charge on any atom is -0.477 e. The van der Waals surface area contributed by atoms with Gasteiger partial charge in [0.05, 0.1) is 34.4 Å². The van der Waals surface area contributed by atoms with Gasteiger partial charge in [0.15, 0.2) is 12.1 Å². The first-order valence-electron chi connectivity index (χ1n) is 23.6. The SMILES string of the molecule is CC/C=C/C/C=C/C/C=C/C/C=C/CCCCCCCCCCCC(=O)OC(COCCC(C(=O)O)[N+](C)(C)C)COC(=O)CCCCCC/C=C/C/C=C/C/C=C/CC. The van der Waals surface area contributed by atoms with Crippen LogP contribution in [-0.2, 0) is 28.6 Å². The zero-order valence-electron chi connectivity index (χ0n) is 38.9. The van der Waals surface area contributed by atoms with Crippen LogP contribution in [0.5, 0.6) is 0 Å². The lowest BCUT2D eigenvalue weighted by Gasteiger charge is -2.31. The molecule has 0 radical (unpaired) electrons. The zero-order valence-corrected chi connectivity index (χ0v) is 38.9. The van der Waals surface area contributed by atoms with Crippen LogP contribution in [0.1, 0.15) is 174 Å². The number of carboxylic acid groups (broad SMARTS) is 1. The Balaban J connectivity index is 4.32. The first kappa shape index (κ1) is 56.5. The molecule has 2 atom stereocenters. The van der Waals surface area contributed by atoms with Crippen LogP contribution in [0.2, 0.25) is 0 Å². The molecule has 0 aliphatic heterocycles. The van der Waals surface area contributed by atoms with Gasteiger partial charge in [-0.05, 0) is 83.5 Å². The Labute approximate surface area is 367 Å². The molecule has 1 N–H and O–H groups in total. The second kappa shape index (κ2) is 42.2. The van der Waals surface area contributed by atoms with Crippen molar-refractivity contribution in [2.24, 2.45) is 0 Å². The first-order valence-corrected chi connectivity index (χ1v) is 23.6. The molecular weight excluding hydrogens is 751 g/mol. The lowest BCUT2D eigenvalue weighted by molar-refractivity contribution is -0.887. The molecule has 0 heterocycles. The highest BCUT2D eigenvalue weighted by atomic mass is 16.6. The topological polar surface area (TPSA) is 99.1 Å². The van der Waals surface area contributed by atoms with E-state index in [1.165, 1.54) is 38.5 Å². The fourth-order valence-electron chi connectivity index (χ4n) is 6.45. The molecule has 0 amide bonds. The van der Waals surface area contributed by atoms with Gasteiger partial charge in [-0.2, -0.15) is 0 Å². The van der Waals surface area contributed by atoms with Crippen LogP contribution in [0.3, 0.4) is 0 Å². The fraction of sp³-hybridized carbons (Fsp3) is 0.673. The summed E-state index contributed by atoms with van der Waals surface area (Å²) in [6.07, 6.45) is 54.9. The maximum atomic E-state index is 12.8. The molecule has 342 valence electrons. The molecule has 60 heavy (non-hydrogen) atoms.